The summed E-state index contributed by atoms with van der Waals surface area (Å²) in [4.78, 5) is 10.5. The lowest BCUT2D eigenvalue weighted by atomic mass is 9.92. The molecule has 0 saturated heterocycles. The molecule has 1 aliphatic carbocycles. The van der Waals surface area contributed by atoms with E-state index < -0.39 is 12.1 Å². The third kappa shape index (κ3) is 5.75. The highest BCUT2D eigenvalue weighted by Gasteiger charge is 2.41. The summed E-state index contributed by atoms with van der Waals surface area (Å²) in [5, 5.41) is 19.0. The summed E-state index contributed by atoms with van der Waals surface area (Å²) in [5.41, 5.74) is 2.18. The van der Waals surface area contributed by atoms with Crippen LogP contribution in [0.2, 0.25) is 0 Å². The van der Waals surface area contributed by atoms with Crippen LogP contribution < -0.4 is 4.74 Å². The molecular formula is C21H29ClO4. The van der Waals surface area contributed by atoms with Crippen molar-refractivity contribution in [3.05, 3.63) is 41.5 Å². The van der Waals surface area contributed by atoms with Crippen LogP contribution in [0.1, 0.15) is 43.2 Å². The first-order chi connectivity index (χ1) is 12.4. The molecule has 0 unspecified atom stereocenters. The third-order valence-corrected chi connectivity index (χ3v) is 5.64. The number of benzene rings is 1. The van der Waals surface area contributed by atoms with Gasteiger partial charge in [0, 0.05) is 17.7 Å². The number of carboxylic acid groups (broad SMARTS) is 1. The van der Waals surface area contributed by atoms with Gasteiger partial charge in [0.2, 0.25) is 0 Å². The Morgan fingerprint density at radius 3 is 2.62 bits per heavy atom. The third-order valence-electron chi connectivity index (χ3n) is 5.14. The van der Waals surface area contributed by atoms with Crippen molar-refractivity contribution in [2.24, 2.45) is 11.8 Å². The standard InChI is InChI=1S/C21H29ClO4/c1-14-8-7-9-15(2)21(14)26-13-17-16(18(22)12-19(17)23)10-5-3-4-6-11-20(24)25/h3,5,7-9,16-19,23H,4,6,10-13H2,1-2H3,(H,24,25)/b5-3-/t16-,17+,18-,19-/m1/s1. The molecule has 0 heterocycles. The maximum absolute atomic E-state index is 10.5. The van der Waals surface area contributed by atoms with Gasteiger partial charge in [0.05, 0.1) is 12.7 Å². The first-order valence-electron chi connectivity index (χ1n) is 9.28. The number of aliphatic hydroxyl groups is 1. The SMILES string of the molecule is Cc1cccc(C)c1OC[C@H]1[C@@H](C/C=C\CCCC(=O)O)[C@H](Cl)C[C@H]1O. The molecule has 1 aliphatic rings. The van der Waals surface area contributed by atoms with Gasteiger partial charge in [0.25, 0.3) is 0 Å². The summed E-state index contributed by atoms with van der Waals surface area (Å²) in [7, 11) is 0. The number of rotatable bonds is 9. The molecule has 144 valence electrons. The molecule has 1 aromatic carbocycles. The molecule has 1 fully saturated rings. The van der Waals surface area contributed by atoms with Gasteiger partial charge in [-0.1, -0.05) is 30.4 Å². The number of unbranched alkanes of at least 4 members (excludes halogenated alkanes) is 1. The van der Waals surface area contributed by atoms with E-state index in [1.54, 1.807) is 0 Å². The molecule has 2 rings (SSSR count). The van der Waals surface area contributed by atoms with E-state index in [0.29, 0.717) is 19.4 Å². The van der Waals surface area contributed by atoms with Crippen LogP contribution in [0.15, 0.2) is 30.4 Å². The molecule has 4 nitrogen and oxygen atoms in total. The minimum Gasteiger partial charge on any atom is -0.493 e. The molecule has 26 heavy (non-hydrogen) atoms. The summed E-state index contributed by atoms with van der Waals surface area (Å²) in [6, 6.07) is 6.05. The van der Waals surface area contributed by atoms with Crippen LogP contribution in [0.5, 0.6) is 5.75 Å². The van der Waals surface area contributed by atoms with E-state index in [4.69, 9.17) is 21.4 Å². The fraction of sp³-hybridized carbons (Fsp3) is 0.571. The second-order valence-corrected chi connectivity index (χ2v) is 7.73. The van der Waals surface area contributed by atoms with E-state index >= 15 is 0 Å². The van der Waals surface area contributed by atoms with Gasteiger partial charge in [-0.25, -0.2) is 0 Å². The highest BCUT2D eigenvalue weighted by molar-refractivity contribution is 6.21. The molecule has 0 bridgehead atoms. The van der Waals surface area contributed by atoms with Crippen molar-refractivity contribution in [3.8, 4) is 5.75 Å². The summed E-state index contributed by atoms with van der Waals surface area (Å²) < 4.78 is 6.06. The zero-order valence-electron chi connectivity index (χ0n) is 15.5. The monoisotopic (exact) mass is 380 g/mol. The largest absolute Gasteiger partial charge is 0.493 e. The van der Waals surface area contributed by atoms with E-state index in [2.05, 4.69) is 6.08 Å². The summed E-state index contributed by atoms with van der Waals surface area (Å²) in [5.74, 6) is 0.287. The molecule has 0 spiro atoms. The molecule has 1 aromatic rings. The number of aryl methyl sites for hydroxylation is 2. The van der Waals surface area contributed by atoms with Gasteiger partial charge in [-0.2, -0.15) is 0 Å². The Labute approximate surface area is 160 Å². The maximum atomic E-state index is 10.5. The van der Waals surface area contributed by atoms with Crippen molar-refractivity contribution in [2.75, 3.05) is 6.61 Å². The van der Waals surface area contributed by atoms with E-state index in [1.165, 1.54) is 0 Å². The molecular weight excluding hydrogens is 352 g/mol. The van der Waals surface area contributed by atoms with Crippen LogP contribution in [-0.2, 0) is 4.79 Å². The minimum atomic E-state index is -0.762. The van der Waals surface area contributed by atoms with E-state index in [-0.39, 0.29) is 23.6 Å². The number of halogens is 1. The number of carboxylic acids is 1. The number of alkyl halides is 1. The second kappa shape index (κ2) is 9.98. The fourth-order valence-electron chi connectivity index (χ4n) is 3.64. The number of hydrogen-bond acceptors (Lipinski definition) is 3. The number of ether oxygens (including phenoxy) is 1. The zero-order valence-corrected chi connectivity index (χ0v) is 16.3. The Morgan fingerprint density at radius 2 is 1.96 bits per heavy atom. The highest BCUT2D eigenvalue weighted by Crippen LogP contribution is 2.39. The van der Waals surface area contributed by atoms with E-state index in [9.17, 15) is 9.90 Å². The maximum Gasteiger partial charge on any atom is 0.303 e. The Morgan fingerprint density at radius 1 is 1.27 bits per heavy atom. The summed E-state index contributed by atoms with van der Waals surface area (Å²) in [6.07, 6.45) is 6.57. The van der Waals surface area contributed by atoms with E-state index in [0.717, 1.165) is 29.7 Å². The molecule has 0 amide bonds. The molecule has 1 saturated carbocycles. The van der Waals surface area contributed by atoms with Gasteiger partial charge < -0.3 is 14.9 Å². The molecule has 2 N–H and O–H groups in total. The Kier molecular flexibility index (Phi) is 7.98. The molecule has 5 heteroatoms. The van der Waals surface area contributed by atoms with Gasteiger partial charge in [-0.05, 0) is 56.6 Å². The molecule has 4 atom stereocenters. The molecule has 0 radical (unpaired) electrons. The van der Waals surface area contributed by atoms with Crippen molar-refractivity contribution >= 4 is 17.6 Å². The normalized spacial score (nSPS) is 25.7. The lowest BCUT2D eigenvalue weighted by Gasteiger charge is -2.23. The number of aliphatic carboxylic acids is 1. The van der Waals surface area contributed by atoms with Crippen LogP contribution >= 0.6 is 11.6 Å². The van der Waals surface area contributed by atoms with Crippen LogP contribution in [0.4, 0.5) is 0 Å². The van der Waals surface area contributed by atoms with Gasteiger partial charge >= 0.3 is 5.97 Å². The first-order valence-corrected chi connectivity index (χ1v) is 9.71. The van der Waals surface area contributed by atoms with Crippen molar-refractivity contribution in [3.63, 3.8) is 0 Å². The van der Waals surface area contributed by atoms with Gasteiger partial charge in [0.1, 0.15) is 5.75 Å². The topological polar surface area (TPSA) is 66.8 Å². The smallest absolute Gasteiger partial charge is 0.303 e. The van der Waals surface area contributed by atoms with Crippen LogP contribution in [0.25, 0.3) is 0 Å². The Bertz CT molecular complexity index is 608. The predicted octanol–water partition coefficient (Wildman–Crippen LogP) is 4.49. The van der Waals surface area contributed by atoms with Gasteiger partial charge in [-0.15, -0.1) is 11.6 Å². The quantitative estimate of drug-likeness (QED) is 0.376. The fourth-order valence-corrected chi connectivity index (χ4v) is 4.11. The van der Waals surface area contributed by atoms with Crippen molar-refractivity contribution < 1.29 is 19.7 Å². The number of hydrogen-bond donors (Lipinski definition) is 2. The highest BCUT2D eigenvalue weighted by atomic mass is 35.5. The minimum absolute atomic E-state index is 0.000163. The van der Waals surface area contributed by atoms with Crippen LogP contribution in [-0.4, -0.2) is 34.3 Å². The Hall–Kier alpha value is -1.52. The molecule has 0 aliphatic heterocycles. The summed E-state index contributed by atoms with van der Waals surface area (Å²) in [6.45, 7) is 4.50. The average Bonchev–Trinajstić information content (AvgIpc) is 2.83. The number of aliphatic hydroxyl groups excluding tert-OH is 1. The van der Waals surface area contributed by atoms with Gasteiger partial charge in [0.15, 0.2) is 0 Å². The predicted molar refractivity (Wildman–Crippen MR) is 104 cm³/mol. The lowest BCUT2D eigenvalue weighted by molar-refractivity contribution is -0.137. The van der Waals surface area contributed by atoms with Crippen LogP contribution in [0.3, 0.4) is 0 Å². The van der Waals surface area contributed by atoms with Gasteiger partial charge in [-0.3, -0.25) is 4.79 Å². The zero-order chi connectivity index (χ0) is 19.1. The number of carbonyl (C=O) groups is 1. The van der Waals surface area contributed by atoms with Crippen molar-refractivity contribution in [1.82, 2.24) is 0 Å². The first kappa shape index (κ1) is 20.8. The van der Waals surface area contributed by atoms with Crippen LogP contribution in [0, 0.1) is 25.7 Å². The summed E-state index contributed by atoms with van der Waals surface area (Å²) >= 11 is 6.47. The molecule has 0 aromatic heterocycles. The number of para-hydroxylation sites is 1. The second-order valence-electron chi connectivity index (χ2n) is 7.17. The lowest BCUT2D eigenvalue weighted by Crippen LogP contribution is -2.27. The Balaban J connectivity index is 1.90. The van der Waals surface area contributed by atoms with Crippen molar-refractivity contribution in [1.29, 1.82) is 0 Å². The van der Waals surface area contributed by atoms with E-state index in [1.807, 2.05) is 38.1 Å². The van der Waals surface area contributed by atoms with Crippen molar-refractivity contribution in [2.45, 2.75) is 57.4 Å². The average molecular weight is 381 g/mol. The number of allylic oxidation sites excluding steroid dienone is 2.